The van der Waals surface area contributed by atoms with E-state index in [0.717, 1.165) is 25.7 Å². The molecule has 1 atom stereocenters. The van der Waals surface area contributed by atoms with Crippen LogP contribution in [-0.2, 0) is 0 Å². The van der Waals surface area contributed by atoms with Crippen molar-refractivity contribution in [1.82, 2.24) is 0 Å². The molecule has 0 saturated heterocycles. The van der Waals surface area contributed by atoms with E-state index >= 15 is 0 Å². The lowest BCUT2D eigenvalue weighted by Crippen LogP contribution is -2.21. The third kappa shape index (κ3) is 0.804. The second kappa shape index (κ2) is 1.79. The average Bonchev–Trinajstić information content (AvgIpc) is 2.70. The Balaban J connectivity index is 1.99. The molecule has 0 radical (unpaired) electrons. The maximum Gasteiger partial charge on any atom is 0.192 e. The van der Waals surface area contributed by atoms with Gasteiger partial charge in [0.2, 0.25) is 0 Å². The summed E-state index contributed by atoms with van der Waals surface area (Å²) < 4.78 is 0. The molecule has 3 heteroatoms. The predicted octanol–water partition coefficient (Wildman–Crippen LogP) is 1.86. The molecule has 52 valence electrons. The number of nitrogens with zero attached hydrogens (tertiary/aromatic N) is 3. The largest absolute Gasteiger partial charge is 0.198 e. The molecule has 1 spiro atoms. The second-order valence-corrected chi connectivity index (χ2v) is 3.10. The van der Waals surface area contributed by atoms with Crippen molar-refractivity contribution in [3.8, 4) is 6.07 Å². The van der Waals surface area contributed by atoms with Crippen LogP contribution in [0.15, 0.2) is 10.2 Å². The van der Waals surface area contributed by atoms with Gasteiger partial charge in [0.25, 0.3) is 0 Å². The third-order valence-electron chi connectivity index (χ3n) is 2.27. The fourth-order valence-electron chi connectivity index (χ4n) is 1.59. The van der Waals surface area contributed by atoms with Gasteiger partial charge in [-0.3, -0.25) is 0 Å². The average molecular weight is 135 g/mol. The van der Waals surface area contributed by atoms with Gasteiger partial charge in [-0.25, -0.2) is 0 Å². The van der Waals surface area contributed by atoms with Crippen LogP contribution >= 0.6 is 0 Å². The van der Waals surface area contributed by atoms with E-state index in [-0.39, 0.29) is 11.6 Å². The standard InChI is InChI=1S/C7H9N3/c8-5-6-2-1-3-7(4-6)9-10-7/h6H,1-4H2. The highest BCUT2D eigenvalue weighted by Gasteiger charge is 2.44. The monoisotopic (exact) mass is 135 g/mol. The topological polar surface area (TPSA) is 48.5 Å². The maximum atomic E-state index is 8.62. The molecular formula is C7H9N3. The molecule has 3 nitrogen and oxygen atoms in total. The highest BCUT2D eigenvalue weighted by molar-refractivity contribution is 5.02. The van der Waals surface area contributed by atoms with Crippen molar-refractivity contribution >= 4 is 0 Å². The molecule has 0 N–H and O–H groups in total. The summed E-state index contributed by atoms with van der Waals surface area (Å²) in [6, 6.07) is 2.28. The zero-order valence-corrected chi connectivity index (χ0v) is 5.75. The molecule has 1 aliphatic heterocycles. The Morgan fingerprint density at radius 2 is 2.30 bits per heavy atom. The van der Waals surface area contributed by atoms with Crippen LogP contribution < -0.4 is 0 Å². The van der Waals surface area contributed by atoms with Crippen LogP contribution in [0, 0.1) is 17.2 Å². The summed E-state index contributed by atoms with van der Waals surface area (Å²) in [5, 5.41) is 16.5. The molecule has 2 rings (SSSR count). The highest BCUT2D eigenvalue weighted by Crippen LogP contribution is 2.44. The molecule has 1 unspecified atom stereocenters. The van der Waals surface area contributed by atoms with Crippen LogP contribution in [0.4, 0.5) is 0 Å². The Kier molecular flexibility index (Phi) is 1.04. The number of hydrogen-bond acceptors (Lipinski definition) is 3. The normalized spacial score (nSPS) is 33.7. The van der Waals surface area contributed by atoms with Crippen LogP contribution in [0.2, 0.25) is 0 Å². The molecule has 1 saturated carbocycles. The fourth-order valence-corrected chi connectivity index (χ4v) is 1.59. The van der Waals surface area contributed by atoms with E-state index in [1.165, 1.54) is 0 Å². The molecular weight excluding hydrogens is 126 g/mol. The van der Waals surface area contributed by atoms with Gasteiger partial charge in [-0.2, -0.15) is 15.5 Å². The summed E-state index contributed by atoms with van der Waals surface area (Å²) in [7, 11) is 0. The van der Waals surface area contributed by atoms with Crippen molar-refractivity contribution in [3.05, 3.63) is 0 Å². The summed E-state index contributed by atoms with van der Waals surface area (Å²) >= 11 is 0. The summed E-state index contributed by atoms with van der Waals surface area (Å²) in [6.07, 6.45) is 4.11. The summed E-state index contributed by atoms with van der Waals surface area (Å²) in [4.78, 5) is 0. The first-order valence-electron chi connectivity index (χ1n) is 3.68. The molecule has 0 aromatic heterocycles. The van der Waals surface area contributed by atoms with Gasteiger partial charge in [-0.1, -0.05) is 0 Å². The van der Waals surface area contributed by atoms with Gasteiger partial charge in [-0.15, -0.1) is 0 Å². The predicted molar refractivity (Wildman–Crippen MR) is 35.2 cm³/mol. The zero-order valence-electron chi connectivity index (χ0n) is 5.75. The lowest BCUT2D eigenvalue weighted by molar-refractivity contribution is 0.341. The van der Waals surface area contributed by atoms with E-state index in [4.69, 9.17) is 5.26 Å². The Morgan fingerprint density at radius 1 is 1.50 bits per heavy atom. The van der Waals surface area contributed by atoms with Gasteiger partial charge in [0.05, 0.1) is 12.0 Å². The Labute approximate surface area is 59.8 Å². The zero-order chi connectivity index (χ0) is 7.03. The van der Waals surface area contributed by atoms with Crippen molar-refractivity contribution in [2.45, 2.75) is 31.3 Å². The molecule has 10 heavy (non-hydrogen) atoms. The Bertz CT molecular complexity index is 207. The van der Waals surface area contributed by atoms with Crippen molar-refractivity contribution in [1.29, 1.82) is 5.26 Å². The van der Waals surface area contributed by atoms with Crippen LogP contribution in [-0.4, -0.2) is 5.66 Å². The van der Waals surface area contributed by atoms with Gasteiger partial charge in [0, 0.05) is 6.42 Å². The number of hydrogen-bond donors (Lipinski definition) is 0. The van der Waals surface area contributed by atoms with Crippen LogP contribution in [0.5, 0.6) is 0 Å². The molecule has 1 heterocycles. The van der Waals surface area contributed by atoms with Gasteiger partial charge >= 0.3 is 0 Å². The van der Waals surface area contributed by atoms with Crippen LogP contribution in [0.3, 0.4) is 0 Å². The van der Waals surface area contributed by atoms with E-state index in [9.17, 15) is 0 Å². The Morgan fingerprint density at radius 3 is 2.90 bits per heavy atom. The van der Waals surface area contributed by atoms with E-state index in [1.54, 1.807) is 0 Å². The first kappa shape index (κ1) is 5.84. The quantitative estimate of drug-likeness (QED) is 0.500. The van der Waals surface area contributed by atoms with E-state index in [2.05, 4.69) is 16.3 Å². The molecule has 2 aliphatic rings. The minimum atomic E-state index is -0.0708. The molecule has 0 bridgehead atoms. The van der Waals surface area contributed by atoms with Crippen LogP contribution in [0.1, 0.15) is 25.7 Å². The fraction of sp³-hybridized carbons (Fsp3) is 0.857. The van der Waals surface area contributed by atoms with Crippen molar-refractivity contribution in [2.75, 3.05) is 0 Å². The van der Waals surface area contributed by atoms with Gasteiger partial charge in [0.15, 0.2) is 5.66 Å². The first-order valence-corrected chi connectivity index (χ1v) is 3.68. The number of rotatable bonds is 0. The lowest BCUT2D eigenvalue weighted by atomic mass is 9.84. The van der Waals surface area contributed by atoms with Crippen molar-refractivity contribution in [2.24, 2.45) is 16.1 Å². The molecule has 0 aromatic carbocycles. The first-order chi connectivity index (χ1) is 4.85. The third-order valence-corrected chi connectivity index (χ3v) is 2.27. The minimum absolute atomic E-state index is 0.0708. The summed E-state index contributed by atoms with van der Waals surface area (Å²) in [5.74, 6) is 0.212. The summed E-state index contributed by atoms with van der Waals surface area (Å²) in [6.45, 7) is 0. The van der Waals surface area contributed by atoms with Crippen molar-refractivity contribution < 1.29 is 0 Å². The van der Waals surface area contributed by atoms with Crippen LogP contribution in [0.25, 0.3) is 0 Å². The molecule has 0 aromatic rings. The van der Waals surface area contributed by atoms with Gasteiger partial charge < -0.3 is 0 Å². The summed E-state index contributed by atoms with van der Waals surface area (Å²) in [5.41, 5.74) is -0.0708. The van der Waals surface area contributed by atoms with Gasteiger partial charge in [-0.05, 0) is 19.3 Å². The van der Waals surface area contributed by atoms with E-state index in [0.29, 0.717) is 0 Å². The SMILES string of the molecule is N#CC1CCCC2(C1)N=N2. The molecule has 1 aliphatic carbocycles. The smallest absolute Gasteiger partial charge is 0.192 e. The minimum Gasteiger partial charge on any atom is -0.198 e. The number of nitriles is 1. The molecule has 1 fully saturated rings. The van der Waals surface area contributed by atoms with E-state index in [1.807, 2.05) is 0 Å². The van der Waals surface area contributed by atoms with Crippen molar-refractivity contribution in [3.63, 3.8) is 0 Å². The van der Waals surface area contributed by atoms with E-state index < -0.39 is 0 Å². The maximum absolute atomic E-state index is 8.62. The van der Waals surface area contributed by atoms with Gasteiger partial charge in [0.1, 0.15) is 0 Å². The molecule has 0 amide bonds. The lowest BCUT2D eigenvalue weighted by Gasteiger charge is -2.19. The Hall–Kier alpha value is -0.910. The second-order valence-electron chi connectivity index (χ2n) is 3.10. The highest BCUT2D eigenvalue weighted by atomic mass is 15.4.